The maximum atomic E-state index is 12.8. The normalized spacial score (nSPS) is 10.5. The van der Waals surface area contributed by atoms with Gasteiger partial charge < -0.3 is 14.8 Å². The number of para-hydroxylation sites is 2. The molecule has 1 amide bonds. The van der Waals surface area contributed by atoms with Crippen LogP contribution in [0.4, 0.5) is 5.69 Å². The lowest BCUT2D eigenvalue weighted by atomic mass is 9.98. The SMILES string of the molecule is COc1cccc(-c2cc(-c3ccccc3)nc(SCCC(=O)Nc3c(C)cccc3C)c2C#N)c1OC. The Bertz CT molecular complexity index is 1480. The highest BCUT2D eigenvalue weighted by Gasteiger charge is 2.20. The molecule has 0 saturated carbocycles. The van der Waals surface area contributed by atoms with E-state index in [1.807, 2.05) is 86.6 Å². The number of methoxy groups -OCH3 is 2. The number of hydrogen-bond acceptors (Lipinski definition) is 6. The van der Waals surface area contributed by atoms with Crippen molar-refractivity contribution in [2.75, 3.05) is 25.3 Å². The van der Waals surface area contributed by atoms with Gasteiger partial charge in [0, 0.05) is 34.6 Å². The second-order valence-corrected chi connectivity index (χ2v) is 9.75. The minimum absolute atomic E-state index is 0.0812. The summed E-state index contributed by atoms with van der Waals surface area (Å²) in [6.07, 6.45) is 0.276. The maximum Gasteiger partial charge on any atom is 0.225 e. The fraction of sp³-hybridized carbons (Fsp3) is 0.194. The average Bonchev–Trinajstić information content (AvgIpc) is 2.94. The van der Waals surface area contributed by atoms with Crippen LogP contribution in [0.3, 0.4) is 0 Å². The molecule has 0 radical (unpaired) electrons. The summed E-state index contributed by atoms with van der Waals surface area (Å²) >= 11 is 1.39. The molecule has 0 unspecified atom stereocenters. The van der Waals surface area contributed by atoms with Gasteiger partial charge in [-0.2, -0.15) is 5.26 Å². The molecule has 0 aliphatic rings. The van der Waals surface area contributed by atoms with E-state index in [0.29, 0.717) is 33.4 Å². The molecule has 0 saturated heterocycles. The molecular formula is C31H29N3O3S. The highest BCUT2D eigenvalue weighted by Crippen LogP contribution is 2.42. The molecular weight excluding hydrogens is 494 g/mol. The van der Waals surface area contributed by atoms with Crippen molar-refractivity contribution in [3.8, 4) is 40.0 Å². The number of nitrogens with zero attached hydrogens (tertiary/aromatic N) is 2. The summed E-state index contributed by atoms with van der Waals surface area (Å²) in [4.78, 5) is 17.6. The number of anilines is 1. The van der Waals surface area contributed by atoms with Gasteiger partial charge in [0.15, 0.2) is 11.5 Å². The number of aromatic nitrogens is 1. The Morgan fingerprint density at radius 1 is 0.947 bits per heavy atom. The minimum Gasteiger partial charge on any atom is -0.493 e. The molecule has 0 aliphatic carbocycles. The number of ether oxygens (including phenoxy) is 2. The van der Waals surface area contributed by atoms with Gasteiger partial charge in [-0.3, -0.25) is 4.79 Å². The van der Waals surface area contributed by atoms with Gasteiger partial charge >= 0.3 is 0 Å². The molecule has 0 bridgehead atoms. The number of rotatable bonds is 9. The van der Waals surface area contributed by atoms with Crippen LogP contribution in [-0.4, -0.2) is 30.9 Å². The lowest BCUT2D eigenvalue weighted by Crippen LogP contribution is -2.14. The van der Waals surface area contributed by atoms with Crippen LogP contribution in [0.25, 0.3) is 22.4 Å². The molecule has 7 heteroatoms. The van der Waals surface area contributed by atoms with Gasteiger partial charge in [0.05, 0.1) is 25.5 Å². The van der Waals surface area contributed by atoms with E-state index in [-0.39, 0.29) is 12.3 Å². The van der Waals surface area contributed by atoms with Crippen molar-refractivity contribution in [1.29, 1.82) is 5.26 Å². The van der Waals surface area contributed by atoms with E-state index in [4.69, 9.17) is 14.5 Å². The first kappa shape index (κ1) is 26.8. The van der Waals surface area contributed by atoms with Gasteiger partial charge in [0.2, 0.25) is 5.91 Å². The first-order valence-corrected chi connectivity index (χ1v) is 13.2. The molecule has 0 aliphatic heterocycles. The van der Waals surface area contributed by atoms with Crippen LogP contribution in [0.5, 0.6) is 11.5 Å². The van der Waals surface area contributed by atoms with Crippen molar-refractivity contribution in [2.24, 2.45) is 0 Å². The third kappa shape index (κ3) is 5.82. The van der Waals surface area contributed by atoms with Gasteiger partial charge in [-0.15, -0.1) is 11.8 Å². The van der Waals surface area contributed by atoms with Gasteiger partial charge in [0.1, 0.15) is 11.1 Å². The van der Waals surface area contributed by atoms with E-state index in [2.05, 4.69) is 11.4 Å². The van der Waals surface area contributed by atoms with Gasteiger partial charge in [-0.05, 0) is 37.1 Å². The predicted octanol–water partition coefficient (Wildman–Crippen LogP) is 7.04. The van der Waals surface area contributed by atoms with Crippen molar-refractivity contribution in [2.45, 2.75) is 25.3 Å². The van der Waals surface area contributed by atoms with Gasteiger partial charge in [-0.1, -0.05) is 60.7 Å². The van der Waals surface area contributed by atoms with Crippen molar-refractivity contribution in [3.05, 3.63) is 89.5 Å². The Balaban J connectivity index is 1.69. The fourth-order valence-electron chi connectivity index (χ4n) is 4.26. The molecule has 38 heavy (non-hydrogen) atoms. The zero-order valence-electron chi connectivity index (χ0n) is 21.9. The van der Waals surface area contributed by atoms with E-state index in [1.165, 1.54) is 11.8 Å². The second-order valence-electron chi connectivity index (χ2n) is 8.67. The molecule has 0 spiro atoms. The Hall–Kier alpha value is -4.28. The summed E-state index contributed by atoms with van der Waals surface area (Å²) in [5.41, 5.74) is 6.39. The summed E-state index contributed by atoms with van der Waals surface area (Å²) < 4.78 is 11.2. The standard InChI is InChI=1S/C31H29N3O3S/c1-20-10-8-11-21(2)29(20)34-28(35)16-17-38-31-25(19-32)24(18-26(33-31)22-12-6-5-7-13-22)23-14-9-15-27(36-3)30(23)37-4/h5-15,18H,16-17H2,1-4H3,(H,34,35). The van der Waals surface area contributed by atoms with E-state index in [9.17, 15) is 10.1 Å². The van der Waals surface area contributed by atoms with Crippen LogP contribution in [0.15, 0.2) is 77.8 Å². The first-order chi connectivity index (χ1) is 18.5. The predicted molar refractivity (Wildman–Crippen MR) is 153 cm³/mol. The zero-order valence-corrected chi connectivity index (χ0v) is 22.7. The Kier molecular flexibility index (Phi) is 8.67. The molecule has 1 heterocycles. The molecule has 6 nitrogen and oxygen atoms in total. The molecule has 4 aromatic rings. The first-order valence-electron chi connectivity index (χ1n) is 12.2. The lowest BCUT2D eigenvalue weighted by molar-refractivity contribution is -0.115. The van der Waals surface area contributed by atoms with Crippen molar-refractivity contribution >= 4 is 23.4 Å². The summed E-state index contributed by atoms with van der Waals surface area (Å²) in [7, 11) is 3.16. The minimum atomic E-state index is -0.0812. The summed E-state index contributed by atoms with van der Waals surface area (Å²) in [5, 5.41) is 13.8. The van der Waals surface area contributed by atoms with Crippen LogP contribution >= 0.6 is 11.8 Å². The topological polar surface area (TPSA) is 84.2 Å². The van der Waals surface area contributed by atoms with Crippen molar-refractivity contribution in [1.82, 2.24) is 4.98 Å². The third-order valence-electron chi connectivity index (χ3n) is 6.17. The van der Waals surface area contributed by atoms with Crippen molar-refractivity contribution in [3.63, 3.8) is 0 Å². The summed E-state index contributed by atoms with van der Waals surface area (Å²) in [5.74, 6) is 1.50. The highest BCUT2D eigenvalue weighted by atomic mass is 32.2. The smallest absolute Gasteiger partial charge is 0.225 e. The van der Waals surface area contributed by atoms with Crippen LogP contribution in [0, 0.1) is 25.2 Å². The van der Waals surface area contributed by atoms with Gasteiger partial charge in [0.25, 0.3) is 0 Å². The number of pyridine rings is 1. The molecule has 1 N–H and O–H groups in total. The number of carbonyl (C=O) groups excluding carboxylic acids is 1. The van der Waals surface area contributed by atoms with Crippen LogP contribution < -0.4 is 14.8 Å². The van der Waals surface area contributed by atoms with Crippen molar-refractivity contribution < 1.29 is 14.3 Å². The van der Waals surface area contributed by atoms with Crippen LogP contribution in [0.2, 0.25) is 0 Å². The van der Waals surface area contributed by atoms with E-state index < -0.39 is 0 Å². The third-order valence-corrected chi connectivity index (χ3v) is 7.15. The number of hydrogen-bond donors (Lipinski definition) is 1. The quantitative estimate of drug-likeness (QED) is 0.237. The number of carbonyl (C=O) groups is 1. The van der Waals surface area contributed by atoms with E-state index in [1.54, 1.807) is 14.2 Å². The second kappa shape index (κ2) is 12.3. The Morgan fingerprint density at radius 2 is 1.66 bits per heavy atom. The van der Waals surface area contributed by atoms with Crippen LogP contribution in [0.1, 0.15) is 23.1 Å². The van der Waals surface area contributed by atoms with Gasteiger partial charge in [-0.25, -0.2) is 4.98 Å². The number of nitriles is 1. The van der Waals surface area contributed by atoms with Crippen LogP contribution in [-0.2, 0) is 4.79 Å². The lowest BCUT2D eigenvalue weighted by Gasteiger charge is -2.16. The molecule has 192 valence electrons. The number of amides is 1. The monoisotopic (exact) mass is 523 g/mol. The Labute approximate surface area is 227 Å². The Morgan fingerprint density at radius 3 is 2.32 bits per heavy atom. The molecule has 4 rings (SSSR count). The number of thioether (sulfide) groups is 1. The largest absolute Gasteiger partial charge is 0.493 e. The molecule has 0 atom stereocenters. The number of benzene rings is 3. The molecule has 1 aromatic heterocycles. The van der Waals surface area contributed by atoms with E-state index >= 15 is 0 Å². The number of aryl methyl sites for hydroxylation is 2. The van der Waals surface area contributed by atoms with E-state index in [0.717, 1.165) is 33.6 Å². The molecule has 0 fully saturated rings. The summed E-state index contributed by atoms with van der Waals surface area (Å²) in [6, 6.07) is 25.6. The fourth-order valence-corrected chi connectivity index (χ4v) is 5.20. The maximum absolute atomic E-state index is 12.8. The molecule has 3 aromatic carbocycles. The highest BCUT2D eigenvalue weighted by molar-refractivity contribution is 7.99. The summed E-state index contributed by atoms with van der Waals surface area (Å²) in [6.45, 7) is 3.95. The average molecular weight is 524 g/mol. The zero-order chi connectivity index (χ0) is 27.1. The number of nitrogens with one attached hydrogen (secondary N) is 1.